The van der Waals surface area contributed by atoms with Crippen molar-refractivity contribution in [1.82, 2.24) is 0 Å². The summed E-state index contributed by atoms with van der Waals surface area (Å²) in [5, 5.41) is 0.488. The van der Waals surface area contributed by atoms with Gasteiger partial charge in [0.25, 0.3) is 5.91 Å². The molecule has 1 amide bonds. The van der Waals surface area contributed by atoms with Gasteiger partial charge >= 0.3 is 0 Å². The molecule has 1 atom stereocenters. The molecule has 0 fully saturated rings. The van der Waals surface area contributed by atoms with Crippen molar-refractivity contribution >= 4 is 22.6 Å². The van der Waals surface area contributed by atoms with Crippen LogP contribution in [-0.2, 0) is 5.41 Å². The number of hydrogen-bond donors (Lipinski definition) is 0. The lowest BCUT2D eigenvalue weighted by atomic mass is 9.86. The number of anilines is 1. The number of carbonyl (C=O) groups excluding carboxylic acids is 1. The molecular weight excluding hydrogens is 410 g/mol. The number of para-hydroxylation sites is 1. The Morgan fingerprint density at radius 3 is 2.21 bits per heavy atom. The summed E-state index contributed by atoms with van der Waals surface area (Å²) in [6, 6.07) is 20.7. The molecule has 1 aliphatic rings. The molecule has 1 unspecified atom stereocenters. The topological polar surface area (TPSA) is 50.5 Å². The zero-order valence-corrected chi connectivity index (χ0v) is 19.6. The highest BCUT2D eigenvalue weighted by Crippen LogP contribution is 2.42. The van der Waals surface area contributed by atoms with Gasteiger partial charge in [0.15, 0.2) is 5.43 Å². The van der Waals surface area contributed by atoms with Gasteiger partial charge in [0.2, 0.25) is 5.76 Å². The van der Waals surface area contributed by atoms with Crippen LogP contribution in [-0.4, -0.2) is 5.91 Å². The maximum Gasteiger partial charge on any atom is 0.295 e. The van der Waals surface area contributed by atoms with Crippen molar-refractivity contribution in [3.05, 3.63) is 111 Å². The van der Waals surface area contributed by atoms with Gasteiger partial charge in [-0.2, -0.15) is 0 Å². The summed E-state index contributed by atoms with van der Waals surface area (Å²) in [5.74, 6) is -0.164. The van der Waals surface area contributed by atoms with Crippen LogP contribution in [0.25, 0.3) is 11.0 Å². The average molecular weight is 438 g/mol. The Morgan fingerprint density at radius 1 is 0.848 bits per heavy atom. The van der Waals surface area contributed by atoms with E-state index in [4.69, 9.17) is 4.42 Å². The monoisotopic (exact) mass is 437 g/mol. The van der Waals surface area contributed by atoms with Gasteiger partial charge in [-0.25, -0.2) is 0 Å². The number of nitrogens with zero attached hydrogens (tertiary/aromatic N) is 1. The minimum atomic E-state index is -0.551. The van der Waals surface area contributed by atoms with Crippen molar-refractivity contribution in [3.8, 4) is 0 Å². The highest BCUT2D eigenvalue weighted by Gasteiger charge is 2.43. The SMILES string of the molecule is Cc1ccc(N2C(=O)c3oc4ccccc4c(=O)c3C2c2ccc(C(C)(C)C)cc2)cc1C. The van der Waals surface area contributed by atoms with Crippen molar-refractivity contribution in [2.45, 2.75) is 46.1 Å². The summed E-state index contributed by atoms with van der Waals surface area (Å²) in [5.41, 5.74) is 5.75. The van der Waals surface area contributed by atoms with Crippen molar-refractivity contribution in [2.75, 3.05) is 4.90 Å². The standard InChI is InChI=1S/C29H27NO3/c1-17-10-15-21(16-18(17)2)30-25(19-11-13-20(14-12-19)29(3,4)5)24-26(31)22-8-6-7-9-23(22)33-27(24)28(30)32/h6-16,25H,1-5H3. The van der Waals surface area contributed by atoms with Gasteiger partial charge in [0.1, 0.15) is 5.58 Å². The lowest BCUT2D eigenvalue weighted by molar-refractivity contribution is 0.0971. The largest absolute Gasteiger partial charge is 0.450 e. The lowest BCUT2D eigenvalue weighted by Gasteiger charge is -2.27. The van der Waals surface area contributed by atoms with Crippen LogP contribution >= 0.6 is 0 Å². The zero-order chi connectivity index (χ0) is 23.5. The molecule has 0 radical (unpaired) electrons. The molecule has 0 N–H and O–H groups in total. The molecule has 2 heterocycles. The summed E-state index contributed by atoms with van der Waals surface area (Å²) in [7, 11) is 0. The van der Waals surface area contributed by atoms with E-state index in [0.29, 0.717) is 16.5 Å². The molecule has 4 nitrogen and oxygen atoms in total. The minimum Gasteiger partial charge on any atom is -0.450 e. The third-order valence-corrected chi connectivity index (χ3v) is 6.64. The van der Waals surface area contributed by atoms with Crippen molar-refractivity contribution in [3.63, 3.8) is 0 Å². The van der Waals surface area contributed by atoms with Crippen LogP contribution in [0.5, 0.6) is 0 Å². The average Bonchev–Trinajstić information content (AvgIpc) is 3.08. The van der Waals surface area contributed by atoms with Crippen LogP contribution in [0.3, 0.4) is 0 Å². The summed E-state index contributed by atoms with van der Waals surface area (Å²) >= 11 is 0. The maximum absolute atomic E-state index is 13.7. The van der Waals surface area contributed by atoms with E-state index in [1.54, 1.807) is 23.1 Å². The molecule has 5 rings (SSSR count). The molecule has 0 bridgehead atoms. The van der Waals surface area contributed by atoms with Gasteiger partial charge < -0.3 is 4.42 Å². The molecule has 4 aromatic rings. The van der Waals surface area contributed by atoms with Gasteiger partial charge in [-0.3, -0.25) is 14.5 Å². The smallest absolute Gasteiger partial charge is 0.295 e. The molecule has 3 aromatic carbocycles. The van der Waals surface area contributed by atoms with Crippen molar-refractivity contribution in [1.29, 1.82) is 0 Å². The van der Waals surface area contributed by atoms with E-state index in [1.807, 2.05) is 50.2 Å². The van der Waals surface area contributed by atoms with E-state index in [-0.39, 0.29) is 22.5 Å². The molecule has 1 aromatic heterocycles. The van der Waals surface area contributed by atoms with Crippen LogP contribution in [0.1, 0.15) is 65.2 Å². The Morgan fingerprint density at radius 2 is 1.55 bits per heavy atom. The Balaban J connectivity index is 1.77. The predicted molar refractivity (Wildman–Crippen MR) is 132 cm³/mol. The fourth-order valence-corrected chi connectivity index (χ4v) is 4.54. The first-order valence-corrected chi connectivity index (χ1v) is 11.2. The third kappa shape index (κ3) is 3.37. The van der Waals surface area contributed by atoms with E-state index >= 15 is 0 Å². The maximum atomic E-state index is 13.7. The van der Waals surface area contributed by atoms with Crippen molar-refractivity contribution < 1.29 is 9.21 Å². The Labute approximate surface area is 193 Å². The fraction of sp³-hybridized carbons (Fsp3) is 0.241. The fourth-order valence-electron chi connectivity index (χ4n) is 4.54. The summed E-state index contributed by atoms with van der Waals surface area (Å²) in [6.45, 7) is 10.6. The molecule has 33 heavy (non-hydrogen) atoms. The lowest BCUT2D eigenvalue weighted by Crippen LogP contribution is -2.29. The van der Waals surface area contributed by atoms with Crippen LogP contribution < -0.4 is 10.3 Å². The van der Waals surface area contributed by atoms with Gasteiger partial charge in [-0.05, 0) is 65.8 Å². The van der Waals surface area contributed by atoms with Gasteiger partial charge in [-0.15, -0.1) is 0 Å². The number of benzene rings is 3. The van der Waals surface area contributed by atoms with Crippen LogP contribution in [0.15, 0.2) is 75.9 Å². The summed E-state index contributed by atoms with van der Waals surface area (Å²) in [4.78, 5) is 29.0. The predicted octanol–water partition coefficient (Wildman–Crippen LogP) is 6.46. The van der Waals surface area contributed by atoms with Crippen LogP contribution in [0.2, 0.25) is 0 Å². The number of carbonyl (C=O) groups is 1. The first-order chi connectivity index (χ1) is 15.7. The zero-order valence-electron chi connectivity index (χ0n) is 19.6. The minimum absolute atomic E-state index is 0.00488. The van der Waals surface area contributed by atoms with Gasteiger partial charge in [0, 0.05) is 5.69 Å². The number of rotatable bonds is 2. The first-order valence-electron chi connectivity index (χ1n) is 11.2. The number of aryl methyl sites for hydroxylation is 2. The molecule has 166 valence electrons. The Kier molecular flexibility index (Phi) is 4.78. The molecule has 0 spiro atoms. The molecule has 1 aliphatic heterocycles. The van der Waals surface area contributed by atoms with Gasteiger partial charge in [0.05, 0.1) is 17.0 Å². The van der Waals surface area contributed by atoms with E-state index in [0.717, 1.165) is 22.4 Å². The molecule has 4 heteroatoms. The Bertz CT molecular complexity index is 1460. The third-order valence-electron chi connectivity index (χ3n) is 6.64. The quantitative estimate of drug-likeness (QED) is 0.362. The number of fused-ring (bicyclic) bond motifs is 2. The first kappa shape index (κ1) is 21.2. The second kappa shape index (κ2) is 7.45. The number of amides is 1. The molecule has 0 saturated carbocycles. The van der Waals surface area contributed by atoms with Crippen LogP contribution in [0, 0.1) is 13.8 Å². The van der Waals surface area contributed by atoms with E-state index < -0.39 is 6.04 Å². The normalized spacial score (nSPS) is 15.8. The summed E-state index contributed by atoms with van der Waals surface area (Å²) < 4.78 is 6.04. The van der Waals surface area contributed by atoms with E-state index in [2.05, 4.69) is 32.9 Å². The molecule has 0 aliphatic carbocycles. The Hall–Kier alpha value is -3.66. The molecular formula is C29H27NO3. The second-order valence-electron chi connectivity index (χ2n) is 9.89. The highest BCUT2D eigenvalue weighted by molar-refractivity contribution is 6.10. The van der Waals surface area contributed by atoms with E-state index in [1.165, 1.54) is 5.56 Å². The highest BCUT2D eigenvalue weighted by atomic mass is 16.3. The van der Waals surface area contributed by atoms with E-state index in [9.17, 15) is 9.59 Å². The summed E-state index contributed by atoms with van der Waals surface area (Å²) in [6.07, 6.45) is 0. The molecule has 0 saturated heterocycles. The second-order valence-corrected chi connectivity index (χ2v) is 9.89. The number of hydrogen-bond acceptors (Lipinski definition) is 3. The van der Waals surface area contributed by atoms with Gasteiger partial charge in [-0.1, -0.05) is 63.2 Å². The van der Waals surface area contributed by atoms with Crippen LogP contribution in [0.4, 0.5) is 5.69 Å². The van der Waals surface area contributed by atoms with Crippen molar-refractivity contribution in [2.24, 2.45) is 0 Å².